The van der Waals surface area contributed by atoms with E-state index in [1.807, 2.05) is 11.0 Å². The van der Waals surface area contributed by atoms with E-state index >= 15 is 0 Å². The zero-order valence-corrected chi connectivity index (χ0v) is 16.7. The van der Waals surface area contributed by atoms with E-state index in [2.05, 4.69) is 0 Å². The molecule has 0 bridgehead atoms. The molecule has 0 unspecified atom stereocenters. The Labute approximate surface area is 161 Å². The van der Waals surface area contributed by atoms with Gasteiger partial charge in [0.1, 0.15) is 0 Å². The fourth-order valence-electron chi connectivity index (χ4n) is 4.42. The number of carbonyl (C=O) groups is 1. The van der Waals surface area contributed by atoms with Crippen molar-refractivity contribution in [3.05, 3.63) is 29.3 Å². The highest BCUT2D eigenvalue weighted by atomic mass is 32.2. The van der Waals surface area contributed by atoms with E-state index in [9.17, 15) is 13.2 Å². The highest BCUT2D eigenvalue weighted by Gasteiger charge is 2.36. The summed E-state index contributed by atoms with van der Waals surface area (Å²) in [5.74, 6) is 0.415. The average molecular weight is 393 g/mol. The Kier molecular flexibility index (Phi) is 5.27. The number of sulfonamides is 1. The summed E-state index contributed by atoms with van der Waals surface area (Å²) in [7, 11) is -1.93. The predicted octanol–water partition coefficient (Wildman–Crippen LogP) is 2.17. The van der Waals surface area contributed by atoms with Gasteiger partial charge in [0, 0.05) is 38.7 Å². The number of carbonyl (C=O) groups excluding carboxylic acids is 1. The zero-order chi connectivity index (χ0) is 19.0. The standard InChI is InChI=1S/C20H28N2O4S/c1-26-14-18-6-3-10-22(18)27(24,25)19-8-7-15-9-11-21(13-17(15)12-19)20(23)16-4-2-5-16/h7-8,12,16,18H,2-6,9-11,13-14H2,1H3/t18-/m1/s1. The molecule has 1 saturated heterocycles. The van der Waals surface area contributed by atoms with Gasteiger partial charge in [0.25, 0.3) is 0 Å². The Morgan fingerprint density at radius 3 is 2.67 bits per heavy atom. The second-order valence-electron chi connectivity index (χ2n) is 7.94. The Morgan fingerprint density at radius 1 is 1.15 bits per heavy atom. The van der Waals surface area contributed by atoms with Crippen LogP contribution in [0.3, 0.4) is 0 Å². The van der Waals surface area contributed by atoms with Crippen LogP contribution in [0.1, 0.15) is 43.2 Å². The van der Waals surface area contributed by atoms with Gasteiger partial charge in [-0.1, -0.05) is 12.5 Å². The van der Waals surface area contributed by atoms with Gasteiger partial charge in [0.05, 0.1) is 11.5 Å². The molecule has 4 rings (SSSR count). The molecule has 1 atom stereocenters. The van der Waals surface area contributed by atoms with Gasteiger partial charge < -0.3 is 9.64 Å². The molecular formula is C20H28N2O4S. The number of methoxy groups -OCH3 is 1. The molecule has 1 amide bonds. The Hall–Kier alpha value is -1.44. The SMILES string of the molecule is COC[C@H]1CCCN1S(=O)(=O)c1ccc2c(c1)CN(C(=O)C1CCC1)CC2. The molecule has 1 aliphatic carbocycles. The maximum Gasteiger partial charge on any atom is 0.243 e. The Bertz CT molecular complexity index is 819. The minimum Gasteiger partial charge on any atom is -0.383 e. The number of fused-ring (bicyclic) bond motifs is 1. The lowest BCUT2D eigenvalue weighted by Crippen LogP contribution is -2.42. The molecule has 0 spiro atoms. The third kappa shape index (κ3) is 3.52. The largest absolute Gasteiger partial charge is 0.383 e. The number of ether oxygens (including phenoxy) is 1. The first kappa shape index (κ1) is 18.9. The molecule has 0 N–H and O–H groups in total. The monoisotopic (exact) mass is 392 g/mol. The minimum atomic E-state index is -3.54. The highest BCUT2D eigenvalue weighted by molar-refractivity contribution is 7.89. The molecule has 2 fully saturated rings. The van der Waals surface area contributed by atoms with Crippen molar-refractivity contribution in [1.82, 2.24) is 9.21 Å². The highest BCUT2D eigenvalue weighted by Crippen LogP contribution is 2.32. The van der Waals surface area contributed by atoms with Crippen molar-refractivity contribution in [3.63, 3.8) is 0 Å². The summed E-state index contributed by atoms with van der Waals surface area (Å²) in [6.07, 6.45) is 5.62. The van der Waals surface area contributed by atoms with Crippen molar-refractivity contribution in [2.24, 2.45) is 5.92 Å². The Balaban J connectivity index is 1.56. The van der Waals surface area contributed by atoms with Crippen LogP contribution in [0.15, 0.2) is 23.1 Å². The number of benzene rings is 1. The molecule has 148 valence electrons. The molecule has 3 aliphatic rings. The Morgan fingerprint density at radius 2 is 1.96 bits per heavy atom. The van der Waals surface area contributed by atoms with E-state index in [1.165, 1.54) is 0 Å². The molecule has 0 aromatic heterocycles. The molecule has 1 saturated carbocycles. The van der Waals surface area contributed by atoms with Gasteiger partial charge in [-0.2, -0.15) is 4.31 Å². The predicted molar refractivity (Wildman–Crippen MR) is 102 cm³/mol. The molecule has 2 heterocycles. The van der Waals surface area contributed by atoms with Crippen LogP contribution in [0.2, 0.25) is 0 Å². The van der Waals surface area contributed by atoms with Crippen LogP contribution < -0.4 is 0 Å². The van der Waals surface area contributed by atoms with Crippen LogP contribution in [0.4, 0.5) is 0 Å². The smallest absolute Gasteiger partial charge is 0.243 e. The van der Waals surface area contributed by atoms with Crippen molar-refractivity contribution >= 4 is 15.9 Å². The molecule has 7 heteroatoms. The maximum atomic E-state index is 13.2. The quantitative estimate of drug-likeness (QED) is 0.770. The van der Waals surface area contributed by atoms with Gasteiger partial charge in [-0.05, 0) is 55.4 Å². The van der Waals surface area contributed by atoms with Crippen LogP contribution in [0, 0.1) is 5.92 Å². The summed E-state index contributed by atoms with van der Waals surface area (Å²) in [4.78, 5) is 14.8. The van der Waals surface area contributed by atoms with E-state index in [0.717, 1.165) is 56.2 Å². The summed E-state index contributed by atoms with van der Waals surface area (Å²) in [6, 6.07) is 5.34. The number of hydrogen-bond acceptors (Lipinski definition) is 4. The summed E-state index contributed by atoms with van der Waals surface area (Å²) in [6.45, 7) is 2.22. The number of amides is 1. The van der Waals surface area contributed by atoms with Crippen LogP contribution >= 0.6 is 0 Å². The molecule has 1 aromatic carbocycles. The average Bonchev–Trinajstić information content (AvgIpc) is 3.08. The first-order chi connectivity index (χ1) is 13.0. The van der Waals surface area contributed by atoms with Crippen LogP contribution in [-0.4, -0.2) is 56.4 Å². The summed E-state index contributed by atoms with van der Waals surface area (Å²) >= 11 is 0. The van der Waals surface area contributed by atoms with Crippen molar-refractivity contribution in [1.29, 1.82) is 0 Å². The first-order valence-corrected chi connectivity index (χ1v) is 11.4. The fraction of sp³-hybridized carbons (Fsp3) is 0.650. The normalized spacial score (nSPS) is 23.9. The van der Waals surface area contributed by atoms with Gasteiger partial charge in [-0.15, -0.1) is 0 Å². The van der Waals surface area contributed by atoms with E-state index in [0.29, 0.717) is 24.6 Å². The van der Waals surface area contributed by atoms with Gasteiger partial charge in [-0.3, -0.25) is 4.79 Å². The van der Waals surface area contributed by atoms with Crippen molar-refractivity contribution in [2.75, 3.05) is 26.8 Å². The van der Waals surface area contributed by atoms with E-state index < -0.39 is 10.0 Å². The topological polar surface area (TPSA) is 66.9 Å². The molecule has 2 aliphatic heterocycles. The lowest BCUT2D eigenvalue weighted by molar-refractivity contribution is -0.139. The van der Waals surface area contributed by atoms with Gasteiger partial charge in [0.2, 0.25) is 15.9 Å². The molecule has 1 aromatic rings. The van der Waals surface area contributed by atoms with Gasteiger partial charge in [-0.25, -0.2) is 8.42 Å². The van der Waals surface area contributed by atoms with E-state index in [-0.39, 0.29) is 17.9 Å². The molecule has 27 heavy (non-hydrogen) atoms. The summed E-state index contributed by atoms with van der Waals surface area (Å²) in [5.41, 5.74) is 2.12. The van der Waals surface area contributed by atoms with Crippen molar-refractivity contribution in [3.8, 4) is 0 Å². The number of nitrogens with zero attached hydrogens (tertiary/aromatic N) is 2. The van der Waals surface area contributed by atoms with Crippen LogP contribution in [0.25, 0.3) is 0 Å². The lowest BCUT2D eigenvalue weighted by atomic mass is 9.84. The molecule has 6 nitrogen and oxygen atoms in total. The van der Waals surface area contributed by atoms with Gasteiger partial charge in [0.15, 0.2) is 0 Å². The van der Waals surface area contributed by atoms with Crippen LogP contribution in [-0.2, 0) is 32.5 Å². The first-order valence-electron chi connectivity index (χ1n) is 9.92. The molecular weight excluding hydrogens is 364 g/mol. The van der Waals surface area contributed by atoms with E-state index in [4.69, 9.17) is 4.74 Å². The number of hydrogen-bond donors (Lipinski definition) is 0. The zero-order valence-electron chi connectivity index (χ0n) is 15.9. The van der Waals surface area contributed by atoms with Crippen molar-refractivity contribution < 1.29 is 17.9 Å². The van der Waals surface area contributed by atoms with Crippen molar-refractivity contribution in [2.45, 2.75) is 56.0 Å². The van der Waals surface area contributed by atoms with E-state index in [1.54, 1.807) is 23.5 Å². The minimum absolute atomic E-state index is 0.0901. The third-order valence-corrected chi connectivity index (χ3v) is 8.19. The summed E-state index contributed by atoms with van der Waals surface area (Å²) < 4.78 is 33.1. The summed E-state index contributed by atoms with van der Waals surface area (Å²) in [5, 5.41) is 0. The van der Waals surface area contributed by atoms with Crippen LogP contribution in [0.5, 0.6) is 0 Å². The van der Waals surface area contributed by atoms with Gasteiger partial charge >= 0.3 is 0 Å². The number of rotatable bonds is 5. The lowest BCUT2D eigenvalue weighted by Gasteiger charge is -2.35. The third-order valence-electron chi connectivity index (χ3n) is 6.24. The maximum absolute atomic E-state index is 13.2. The second-order valence-corrected chi connectivity index (χ2v) is 9.83. The fourth-order valence-corrected chi connectivity index (χ4v) is 6.15. The molecule has 0 radical (unpaired) electrons. The second kappa shape index (κ2) is 7.53.